The second kappa shape index (κ2) is 6.76. The van der Waals surface area contributed by atoms with E-state index >= 15 is 0 Å². The van der Waals surface area contributed by atoms with Crippen molar-refractivity contribution in [1.82, 2.24) is 5.32 Å². The summed E-state index contributed by atoms with van der Waals surface area (Å²) in [6.45, 7) is 8.53. The van der Waals surface area contributed by atoms with Crippen molar-refractivity contribution in [2.45, 2.75) is 45.1 Å². The fourth-order valence-electron chi connectivity index (χ4n) is 3.45. The van der Waals surface area contributed by atoms with Gasteiger partial charge in [-0.25, -0.2) is 0 Å². The van der Waals surface area contributed by atoms with E-state index in [-0.39, 0.29) is 5.60 Å². The number of ether oxygens (including phenoxy) is 1. The van der Waals surface area contributed by atoms with Gasteiger partial charge in [0.2, 0.25) is 0 Å². The molecule has 2 aromatic carbocycles. The predicted octanol–water partition coefficient (Wildman–Crippen LogP) is 4.47. The normalized spacial score (nSPS) is 19.0. The van der Waals surface area contributed by atoms with Crippen LogP contribution in [0.2, 0.25) is 0 Å². The number of rotatable bonds is 5. The first-order valence-electron chi connectivity index (χ1n) is 8.58. The minimum atomic E-state index is -0.0907. The lowest BCUT2D eigenvalue weighted by Gasteiger charge is -2.38. The monoisotopic (exact) mass is 309 g/mol. The van der Waals surface area contributed by atoms with Gasteiger partial charge in [-0.2, -0.15) is 0 Å². The summed E-state index contributed by atoms with van der Waals surface area (Å²) in [5.41, 5.74) is 3.91. The van der Waals surface area contributed by atoms with E-state index < -0.39 is 0 Å². The molecule has 23 heavy (non-hydrogen) atoms. The first kappa shape index (κ1) is 16.1. The number of hydrogen-bond donors (Lipinski definition) is 1. The van der Waals surface area contributed by atoms with Gasteiger partial charge in [0, 0.05) is 12.5 Å². The van der Waals surface area contributed by atoms with Crippen LogP contribution in [0.5, 0.6) is 5.75 Å². The Balaban J connectivity index is 1.61. The van der Waals surface area contributed by atoms with Crippen molar-refractivity contribution in [2.75, 3.05) is 13.1 Å². The molecule has 122 valence electrons. The van der Waals surface area contributed by atoms with E-state index in [4.69, 9.17) is 4.74 Å². The third kappa shape index (κ3) is 4.14. The molecular formula is C21H27NO. The van der Waals surface area contributed by atoms with Crippen LogP contribution >= 0.6 is 0 Å². The third-order valence-corrected chi connectivity index (χ3v) is 4.56. The van der Waals surface area contributed by atoms with Crippen LogP contribution in [0.25, 0.3) is 0 Å². The Morgan fingerprint density at radius 3 is 2.70 bits per heavy atom. The Morgan fingerprint density at radius 1 is 1.13 bits per heavy atom. The zero-order valence-corrected chi connectivity index (χ0v) is 14.4. The van der Waals surface area contributed by atoms with Crippen LogP contribution in [-0.2, 0) is 6.42 Å². The highest BCUT2D eigenvalue weighted by Crippen LogP contribution is 2.40. The standard InChI is InChI=1S/C21H27NO/c1-16-9-10-19-18(14-21(2,3)23-20(19)13-16)15-22-12-11-17-7-5-4-6-8-17/h4-10,13,18,22H,11-12,14-15H2,1-3H3. The van der Waals surface area contributed by atoms with Gasteiger partial charge in [-0.15, -0.1) is 0 Å². The molecular weight excluding hydrogens is 282 g/mol. The van der Waals surface area contributed by atoms with E-state index in [0.717, 1.165) is 31.7 Å². The molecule has 1 heterocycles. The minimum Gasteiger partial charge on any atom is -0.488 e. The van der Waals surface area contributed by atoms with Crippen molar-refractivity contribution in [2.24, 2.45) is 0 Å². The molecule has 0 radical (unpaired) electrons. The maximum Gasteiger partial charge on any atom is 0.123 e. The summed E-state index contributed by atoms with van der Waals surface area (Å²) in [4.78, 5) is 0. The molecule has 2 aromatic rings. The lowest BCUT2D eigenvalue weighted by atomic mass is 9.84. The summed E-state index contributed by atoms with van der Waals surface area (Å²) in [7, 11) is 0. The molecule has 0 saturated carbocycles. The summed E-state index contributed by atoms with van der Waals surface area (Å²) in [5, 5.41) is 3.64. The number of aryl methyl sites for hydroxylation is 1. The minimum absolute atomic E-state index is 0.0907. The second-order valence-corrected chi connectivity index (χ2v) is 7.24. The van der Waals surface area contributed by atoms with Crippen molar-refractivity contribution in [3.05, 3.63) is 65.2 Å². The molecule has 0 spiro atoms. The molecule has 3 rings (SSSR count). The fourth-order valence-corrected chi connectivity index (χ4v) is 3.45. The van der Waals surface area contributed by atoms with Gasteiger partial charge in [0.15, 0.2) is 0 Å². The zero-order valence-electron chi connectivity index (χ0n) is 14.4. The van der Waals surface area contributed by atoms with E-state index in [1.165, 1.54) is 16.7 Å². The van der Waals surface area contributed by atoms with Crippen molar-refractivity contribution in [3.63, 3.8) is 0 Å². The fraction of sp³-hybridized carbons (Fsp3) is 0.429. The quantitative estimate of drug-likeness (QED) is 0.823. The van der Waals surface area contributed by atoms with Gasteiger partial charge in [-0.1, -0.05) is 42.5 Å². The molecule has 0 fully saturated rings. The molecule has 1 aliphatic rings. The topological polar surface area (TPSA) is 21.3 Å². The molecule has 0 amide bonds. The predicted molar refractivity (Wildman–Crippen MR) is 96.3 cm³/mol. The van der Waals surface area contributed by atoms with Gasteiger partial charge in [-0.3, -0.25) is 0 Å². The maximum absolute atomic E-state index is 6.18. The number of nitrogens with one attached hydrogen (secondary N) is 1. The van der Waals surface area contributed by atoms with Gasteiger partial charge in [0.25, 0.3) is 0 Å². The van der Waals surface area contributed by atoms with Crippen molar-refractivity contribution in [1.29, 1.82) is 0 Å². The summed E-state index contributed by atoms with van der Waals surface area (Å²) >= 11 is 0. The highest BCUT2D eigenvalue weighted by molar-refractivity contribution is 5.42. The van der Waals surface area contributed by atoms with Crippen LogP contribution in [0.3, 0.4) is 0 Å². The Hall–Kier alpha value is -1.80. The number of hydrogen-bond acceptors (Lipinski definition) is 2. The number of fused-ring (bicyclic) bond motifs is 1. The lowest BCUT2D eigenvalue weighted by Crippen LogP contribution is -2.38. The molecule has 1 N–H and O–H groups in total. The highest BCUT2D eigenvalue weighted by Gasteiger charge is 2.33. The van der Waals surface area contributed by atoms with E-state index in [9.17, 15) is 0 Å². The van der Waals surface area contributed by atoms with Crippen LogP contribution in [-0.4, -0.2) is 18.7 Å². The second-order valence-electron chi connectivity index (χ2n) is 7.24. The third-order valence-electron chi connectivity index (χ3n) is 4.56. The molecule has 1 atom stereocenters. The first-order valence-corrected chi connectivity index (χ1v) is 8.58. The SMILES string of the molecule is Cc1ccc2c(c1)OC(C)(C)CC2CNCCc1ccccc1. The van der Waals surface area contributed by atoms with Crippen LogP contribution in [0, 0.1) is 6.92 Å². The van der Waals surface area contributed by atoms with Gasteiger partial charge in [-0.05, 0) is 62.9 Å². The highest BCUT2D eigenvalue weighted by atomic mass is 16.5. The van der Waals surface area contributed by atoms with E-state index in [1.54, 1.807) is 0 Å². The van der Waals surface area contributed by atoms with Gasteiger partial charge in [0.1, 0.15) is 11.4 Å². The number of benzene rings is 2. The summed E-state index contributed by atoms with van der Waals surface area (Å²) in [6.07, 6.45) is 2.13. The molecule has 2 heteroatoms. The molecule has 1 aliphatic heterocycles. The molecule has 0 saturated heterocycles. The van der Waals surface area contributed by atoms with Crippen LogP contribution < -0.4 is 10.1 Å². The Morgan fingerprint density at radius 2 is 1.91 bits per heavy atom. The summed E-state index contributed by atoms with van der Waals surface area (Å²) in [5.74, 6) is 1.58. The van der Waals surface area contributed by atoms with Crippen LogP contribution in [0.1, 0.15) is 42.9 Å². The average molecular weight is 309 g/mol. The first-order chi connectivity index (χ1) is 11.0. The van der Waals surface area contributed by atoms with Crippen molar-refractivity contribution < 1.29 is 4.74 Å². The average Bonchev–Trinajstić information content (AvgIpc) is 2.51. The van der Waals surface area contributed by atoms with Crippen molar-refractivity contribution in [3.8, 4) is 5.75 Å². The Labute approximate surface area is 139 Å². The zero-order chi connectivity index (χ0) is 16.3. The Kier molecular flexibility index (Phi) is 4.72. The molecule has 0 aliphatic carbocycles. The largest absolute Gasteiger partial charge is 0.488 e. The Bertz CT molecular complexity index is 648. The van der Waals surface area contributed by atoms with Crippen molar-refractivity contribution >= 4 is 0 Å². The smallest absolute Gasteiger partial charge is 0.123 e. The van der Waals surface area contributed by atoms with Crippen LogP contribution in [0.4, 0.5) is 0 Å². The van der Waals surface area contributed by atoms with E-state index in [1.807, 2.05) is 0 Å². The lowest BCUT2D eigenvalue weighted by molar-refractivity contribution is 0.0717. The molecule has 1 unspecified atom stereocenters. The summed E-state index contributed by atoms with van der Waals surface area (Å²) in [6, 6.07) is 17.3. The maximum atomic E-state index is 6.18. The van der Waals surface area contributed by atoms with Gasteiger partial charge in [0.05, 0.1) is 0 Å². The van der Waals surface area contributed by atoms with Crippen LogP contribution in [0.15, 0.2) is 48.5 Å². The molecule has 2 nitrogen and oxygen atoms in total. The van der Waals surface area contributed by atoms with Gasteiger partial charge < -0.3 is 10.1 Å². The summed E-state index contributed by atoms with van der Waals surface area (Å²) < 4.78 is 6.18. The van der Waals surface area contributed by atoms with Gasteiger partial charge >= 0.3 is 0 Å². The van der Waals surface area contributed by atoms with E-state index in [0.29, 0.717) is 5.92 Å². The molecule has 0 aromatic heterocycles. The molecule has 0 bridgehead atoms. The van der Waals surface area contributed by atoms with E-state index in [2.05, 4.69) is 74.6 Å².